The smallest absolute Gasteiger partial charge is 0.410 e. The van der Waals surface area contributed by atoms with Gasteiger partial charge in [0.05, 0.1) is 5.71 Å². The van der Waals surface area contributed by atoms with Crippen LogP contribution in [0.4, 0.5) is 10.5 Å². The molecule has 0 fully saturated rings. The summed E-state index contributed by atoms with van der Waals surface area (Å²) < 4.78 is 7.74. The summed E-state index contributed by atoms with van der Waals surface area (Å²) in [5, 5.41) is 9.96. The first-order chi connectivity index (χ1) is 18.0. The van der Waals surface area contributed by atoms with Gasteiger partial charge in [0.15, 0.2) is 5.82 Å². The molecule has 1 atom stereocenters. The van der Waals surface area contributed by atoms with Crippen molar-refractivity contribution in [3.63, 3.8) is 0 Å². The zero-order valence-electron chi connectivity index (χ0n) is 23.1. The molecule has 0 bridgehead atoms. The van der Waals surface area contributed by atoms with Crippen molar-refractivity contribution in [3.05, 3.63) is 68.6 Å². The molecule has 0 radical (unpaired) electrons. The summed E-state index contributed by atoms with van der Waals surface area (Å²) >= 11 is 1.78. The summed E-state index contributed by atoms with van der Waals surface area (Å²) in [5.41, 5.74) is 7.92. The summed E-state index contributed by atoms with van der Waals surface area (Å²) in [4.78, 5) is 23.2. The zero-order valence-corrected chi connectivity index (χ0v) is 23.9. The van der Waals surface area contributed by atoms with Gasteiger partial charge in [0.25, 0.3) is 0 Å². The first kappa shape index (κ1) is 24.9. The van der Waals surface area contributed by atoms with Gasteiger partial charge < -0.3 is 14.5 Å². The van der Waals surface area contributed by atoms with Crippen molar-refractivity contribution < 1.29 is 9.53 Å². The Hall–Kier alpha value is -3.46. The molecular formula is C29H34N6O2S. The number of fused-ring (bicyclic) bond motifs is 3. The van der Waals surface area contributed by atoms with Crippen LogP contribution in [0.15, 0.2) is 40.4 Å². The molecular weight excluding hydrogens is 496 g/mol. The molecule has 2 aromatic heterocycles. The van der Waals surface area contributed by atoms with E-state index in [1.807, 2.05) is 32.6 Å². The lowest BCUT2D eigenvalue weighted by Gasteiger charge is -2.27. The lowest BCUT2D eigenvalue weighted by molar-refractivity contribution is 0.0297. The Labute approximate surface area is 227 Å². The average Bonchev–Trinajstić information content (AvgIpc) is 3.58. The van der Waals surface area contributed by atoms with E-state index in [1.54, 1.807) is 11.3 Å². The van der Waals surface area contributed by atoms with E-state index in [0.717, 1.165) is 41.0 Å². The Kier molecular flexibility index (Phi) is 5.75. The van der Waals surface area contributed by atoms with Crippen molar-refractivity contribution in [1.82, 2.24) is 19.7 Å². The van der Waals surface area contributed by atoms with E-state index in [0.29, 0.717) is 13.1 Å². The van der Waals surface area contributed by atoms with E-state index in [4.69, 9.17) is 9.73 Å². The van der Waals surface area contributed by atoms with Gasteiger partial charge in [-0.15, -0.1) is 21.5 Å². The third-order valence-corrected chi connectivity index (χ3v) is 8.73. The number of rotatable bonds is 2. The second kappa shape index (κ2) is 8.80. The SMILES string of the molecule is Cc1sc2c(c1C)C(c1ccc(N3CC4=C(CN(C(=O)OC(C)(C)C)C4)C3)cc1)=NC(C)c1nnc(C)n1-2. The van der Waals surface area contributed by atoms with Crippen LogP contribution in [0.25, 0.3) is 5.00 Å². The van der Waals surface area contributed by atoms with E-state index < -0.39 is 5.60 Å². The van der Waals surface area contributed by atoms with Crippen LogP contribution in [0.2, 0.25) is 0 Å². The van der Waals surface area contributed by atoms with Gasteiger partial charge in [0.2, 0.25) is 0 Å². The number of benzene rings is 1. The summed E-state index contributed by atoms with van der Waals surface area (Å²) in [6, 6.07) is 8.67. The Morgan fingerprint density at radius 1 is 1.00 bits per heavy atom. The van der Waals surface area contributed by atoms with Gasteiger partial charge in [0, 0.05) is 47.9 Å². The summed E-state index contributed by atoms with van der Waals surface area (Å²) in [6.07, 6.45) is -0.229. The predicted octanol–water partition coefficient (Wildman–Crippen LogP) is 5.53. The molecule has 0 aliphatic carbocycles. The molecule has 6 rings (SSSR count). The number of amides is 1. The van der Waals surface area contributed by atoms with Gasteiger partial charge in [-0.3, -0.25) is 9.56 Å². The largest absolute Gasteiger partial charge is 0.444 e. The fraction of sp³-hybridized carbons (Fsp3) is 0.448. The zero-order chi connectivity index (χ0) is 26.9. The van der Waals surface area contributed by atoms with Gasteiger partial charge in [-0.2, -0.15) is 0 Å². The van der Waals surface area contributed by atoms with Crippen molar-refractivity contribution in [3.8, 4) is 5.00 Å². The molecule has 38 heavy (non-hydrogen) atoms. The van der Waals surface area contributed by atoms with Gasteiger partial charge in [-0.05, 0) is 77.3 Å². The Morgan fingerprint density at radius 2 is 1.66 bits per heavy atom. The van der Waals surface area contributed by atoms with Crippen molar-refractivity contribution in [2.45, 2.75) is 60.1 Å². The molecule has 8 nitrogen and oxygen atoms in total. The van der Waals surface area contributed by atoms with E-state index >= 15 is 0 Å². The average molecular weight is 531 g/mol. The molecule has 1 aromatic carbocycles. The van der Waals surface area contributed by atoms with E-state index in [2.05, 4.69) is 64.7 Å². The third kappa shape index (κ3) is 4.13. The van der Waals surface area contributed by atoms with Crippen LogP contribution in [-0.4, -0.2) is 63.2 Å². The minimum absolute atomic E-state index is 0.0936. The van der Waals surface area contributed by atoms with Gasteiger partial charge in [-0.25, -0.2) is 4.79 Å². The fourth-order valence-electron chi connectivity index (χ4n) is 5.53. The monoisotopic (exact) mass is 530 g/mol. The van der Waals surface area contributed by atoms with E-state index in [9.17, 15) is 4.79 Å². The normalized spacial score (nSPS) is 18.8. The number of anilines is 1. The Bertz CT molecular complexity index is 1490. The number of hydrogen-bond donors (Lipinski definition) is 0. The van der Waals surface area contributed by atoms with Gasteiger partial charge in [-0.1, -0.05) is 12.1 Å². The first-order valence-electron chi connectivity index (χ1n) is 13.1. The maximum Gasteiger partial charge on any atom is 0.410 e. The number of nitrogens with zero attached hydrogens (tertiary/aromatic N) is 6. The highest BCUT2D eigenvalue weighted by atomic mass is 32.1. The van der Waals surface area contributed by atoms with Gasteiger partial charge >= 0.3 is 6.09 Å². The summed E-state index contributed by atoms with van der Waals surface area (Å²) in [7, 11) is 0. The number of carbonyl (C=O) groups excluding carboxylic acids is 1. The van der Waals surface area contributed by atoms with E-state index in [-0.39, 0.29) is 12.1 Å². The Balaban J connectivity index is 1.22. The number of carbonyl (C=O) groups is 1. The van der Waals surface area contributed by atoms with Crippen LogP contribution >= 0.6 is 11.3 Å². The van der Waals surface area contributed by atoms with Crippen molar-refractivity contribution in [1.29, 1.82) is 0 Å². The molecule has 3 aliphatic rings. The van der Waals surface area contributed by atoms with Gasteiger partial charge in [0.1, 0.15) is 22.5 Å². The molecule has 0 N–H and O–H groups in total. The second-order valence-corrected chi connectivity index (χ2v) is 12.7. The van der Waals surface area contributed by atoms with Crippen molar-refractivity contribution >= 4 is 28.8 Å². The number of aryl methyl sites for hydroxylation is 2. The molecule has 0 spiro atoms. The molecule has 198 valence electrons. The fourth-order valence-corrected chi connectivity index (χ4v) is 6.74. The van der Waals surface area contributed by atoms with Crippen LogP contribution < -0.4 is 4.90 Å². The number of aliphatic imine (C=N–C) groups is 1. The minimum Gasteiger partial charge on any atom is -0.444 e. The lowest BCUT2D eigenvalue weighted by Crippen LogP contribution is -2.38. The van der Waals surface area contributed by atoms with Crippen LogP contribution in [-0.2, 0) is 4.74 Å². The predicted molar refractivity (Wildman–Crippen MR) is 151 cm³/mol. The van der Waals surface area contributed by atoms with Crippen LogP contribution in [0.3, 0.4) is 0 Å². The maximum absolute atomic E-state index is 12.5. The van der Waals surface area contributed by atoms with Crippen molar-refractivity contribution in [2.24, 2.45) is 4.99 Å². The lowest BCUT2D eigenvalue weighted by atomic mass is 9.99. The molecule has 5 heterocycles. The van der Waals surface area contributed by atoms with Crippen LogP contribution in [0.5, 0.6) is 0 Å². The highest BCUT2D eigenvalue weighted by molar-refractivity contribution is 7.15. The highest BCUT2D eigenvalue weighted by Crippen LogP contribution is 2.39. The molecule has 3 aromatic rings. The Morgan fingerprint density at radius 3 is 2.29 bits per heavy atom. The van der Waals surface area contributed by atoms with Crippen LogP contribution in [0, 0.1) is 20.8 Å². The standard InChI is InChI=1S/C29H34N6O2S/c1-16-18(3)38-27-24(16)25(30-17(2)26-32-31-19(4)35(26)27)20-8-10-23(11-9-20)33-12-21-14-34(15-22(21)13-33)28(36)37-29(5,6)7/h8-11,17H,12-15H2,1-7H3. The highest BCUT2D eigenvalue weighted by Gasteiger charge is 2.34. The minimum atomic E-state index is -0.478. The first-order valence-corrected chi connectivity index (χ1v) is 14.0. The number of thiophene rings is 1. The quantitative estimate of drug-likeness (QED) is 0.407. The summed E-state index contributed by atoms with van der Waals surface area (Å²) in [6.45, 7) is 17.1. The number of hydrogen-bond acceptors (Lipinski definition) is 7. The molecule has 1 unspecified atom stereocenters. The topological polar surface area (TPSA) is 75.8 Å². The van der Waals surface area contributed by atoms with Crippen molar-refractivity contribution in [2.75, 3.05) is 31.1 Å². The molecule has 9 heteroatoms. The number of ether oxygens (including phenoxy) is 1. The second-order valence-electron chi connectivity index (χ2n) is 11.5. The maximum atomic E-state index is 12.5. The number of aromatic nitrogens is 3. The molecule has 3 aliphatic heterocycles. The molecule has 0 saturated carbocycles. The van der Waals surface area contributed by atoms with Crippen LogP contribution in [0.1, 0.15) is 67.0 Å². The summed E-state index contributed by atoms with van der Waals surface area (Å²) in [5.74, 6) is 1.77. The molecule has 1 amide bonds. The molecule has 0 saturated heterocycles. The van der Waals surface area contributed by atoms with E-state index in [1.165, 1.54) is 32.8 Å². The third-order valence-electron chi connectivity index (χ3n) is 7.54.